The molecule has 1 saturated heterocycles. The molecule has 176 valence electrons. The molecule has 0 radical (unpaired) electrons. The largest absolute Gasteiger partial charge is 0.493 e. The molecule has 0 bridgehead atoms. The zero-order valence-corrected chi connectivity index (χ0v) is 19.2. The number of ether oxygens (including phenoxy) is 1. The SMILES string of the molecule is NCc1ccc(-n2cc3cc(-c4ccccc4OCCCN4CCNCC4)[nH]c3nc2=O)cc1. The average molecular weight is 459 g/mol. The number of aromatic amines is 1. The summed E-state index contributed by atoms with van der Waals surface area (Å²) in [7, 11) is 0. The third-order valence-electron chi connectivity index (χ3n) is 6.22. The van der Waals surface area contributed by atoms with Crippen molar-refractivity contribution in [2.24, 2.45) is 5.73 Å². The van der Waals surface area contributed by atoms with Gasteiger partial charge in [-0.2, -0.15) is 4.98 Å². The fourth-order valence-corrected chi connectivity index (χ4v) is 4.34. The van der Waals surface area contributed by atoms with E-state index in [1.807, 2.05) is 60.8 Å². The van der Waals surface area contributed by atoms with Crippen molar-refractivity contribution >= 4 is 11.0 Å². The Bertz CT molecular complexity index is 1310. The number of para-hydroxylation sites is 1. The maximum Gasteiger partial charge on any atom is 0.354 e. The lowest BCUT2D eigenvalue weighted by Gasteiger charge is -2.27. The fraction of sp³-hybridized carbons (Fsp3) is 0.308. The van der Waals surface area contributed by atoms with Gasteiger partial charge in [-0.3, -0.25) is 4.57 Å². The highest BCUT2D eigenvalue weighted by molar-refractivity contribution is 5.84. The summed E-state index contributed by atoms with van der Waals surface area (Å²) >= 11 is 0. The van der Waals surface area contributed by atoms with Crippen molar-refractivity contribution in [1.29, 1.82) is 0 Å². The van der Waals surface area contributed by atoms with Crippen molar-refractivity contribution in [2.45, 2.75) is 13.0 Å². The van der Waals surface area contributed by atoms with Crippen LogP contribution in [-0.4, -0.2) is 58.8 Å². The Hall–Kier alpha value is -3.46. The van der Waals surface area contributed by atoms with Gasteiger partial charge in [0.05, 0.1) is 18.0 Å². The van der Waals surface area contributed by atoms with E-state index >= 15 is 0 Å². The van der Waals surface area contributed by atoms with Gasteiger partial charge < -0.3 is 25.7 Å². The normalized spacial score (nSPS) is 14.5. The van der Waals surface area contributed by atoms with Gasteiger partial charge in [0.2, 0.25) is 0 Å². The Labute approximate surface area is 198 Å². The van der Waals surface area contributed by atoms with E-state index in [4.69, 9.17) is 10.5 Å². The number of nitrogens with zero attached hydrogens (tertiary/aromatic N) is 3. The summed E-state index contributed by atoms with van der Waals surface area (Å²) in [6.07, 6.45) is 2.80. The van der Waals surface area contributed by atoms with Crippen LogP contribution in [0.1, 0.15) is 12.0 Å². The van der Waals surface area contributed by atoms with Crippen LogP contribution < -0.4 is 21.5 Å². The van der Waals surface area contributed by atoms with Gasteiger partial charge in [0.25, 0.3) is 0 Å². The Balaban J connectivity index is 1.35. The second-order valence-electron chi connectivity index (χ2n) is 8.54. The molecule has 1 aliphatic heterocycles. The number of hydrogen-bond acceptors (Lipinski definition) is 6. The predicted octanol–water partition coefficient (Wildman–Crippen LogP) is 2.51. The smallest absolute Gasteiger partial charge is 0.354 e. The monoisotopic (exact) mass is 458 g/mol. The Morgan fingerprint density at radius 1 is 1.06 bits per heavy atom. The molecular formula is C26H30N6O2. The highest BCUT2D eigenvalue weighted by Crippen LogP contribution is 2.31. The summed E-state index contributed by atoms with van der Waals surface area (Å²) in [5.41, 5.74) is 9.50. The molecular weight excluding hydrogens is 428 g/mol. The van der Waals surface area contributed by atoms with Crippen LogP contribution in [0, 0.1) is 0 Å². The third-order valence-corrected chi connectivity index (χ3v) is 6.22. The van der Waals surface area contributed by atoms with Crippen LogP contribution in [0.3, 0.4) is 0 Å². The zero-order valence-electron chi connectivity index (χ0n) is 19.2. The van der Waals surface area contributed by atoms with Gasteiger partial charge >= 0.3 is 5.69 Å². The van der Waals surface area contributed by atoms with E-state index in [2.05, 4.69) is 20.2 Å². The van der Waals surface area contributed by atoms with E-state index in [1.54, 1.807) is 4.57 Å². The molecule has 8 nitrogen and oxygen atoms in total. The first-order valence-electron chi connectivity index (χ1n) is 11.8. The van der Waals surface area contributed by atoms with E-state index in [0.29, 0.717) is 18.8 Å². The van der Waals surface area contributed by atoms with Gasteiger partial charge in [-0.05, 0) is 42.3 Å². The van der Waals surface area contributed by atoms with Gasteiger partial charge in [-0.15, -0.1) is 0 Å². The van der Waals surface area contributed by atoms with Crippen LogP contribution >= 0.6 is 0 Å². The molecule has 0 unspecified atom stereocenters. The van der Waals surface area contributed by atoms with Crippen molar-refractivity contribution in [1.82, 2.24) is 24.8 Å². The second-order valence-corrected chi connectivity index (χ2v) is 8.54. The molecule has 4 N–H and O–H groups in total. The number of rotatable bonds is 8. The third kappa shape index (κ3) is 4.89. The van der Waals surface area contributed by atoms with Gasteiger partial charge in [0.15, 0.2) is 0 Å². The summed E-state index contributed by atoms with van der Waals surface area (Å²) in [5, 5.41) is 4.23. The highest BCUT2D eigenvalue weighted by Gasteiger charge is 2.13. The molecule has 0 atom stereocenters. The Morgan fingerprint density at radius 3 is 2.65 bits per heavy atom. The molecule has 34 heavy (non-hydrogen) atoms. The minimum atomic E-state index is -0.334. The van der Waals surface area contributed by atoms with E-state index in [9.17, 15) is 4.79 Å². The Kier molecular flexibility index (Phi) is 6.71. The molecule has 2 aromatic carbocycles. The number of H-pyrrole nitrogens is 1. The summed E-state index contributed by atoms with van der Waals surface area (Å²) in [6, 6.07) is 17.6. The number of benzene rings is 2. The molecule has 0 amide bonds. The second kappa shape index (κ2) is 10.2. The lowest BCUT2D eigenvalue weighted by atomic mass is 10.1. The van der Waals surface area contributed by atoms with E-state index in [1.165, 1.54) is 0 Å². The quantitative estimate of drug-likeness (QED) is 0.351. The van der Waals surface area contributed by atoms with Crippen LogP contribution in [0.4, 0.5) is 0 Å². The number of aromatic nitrogens is 3. The van der Waals surface area contributed by atoms with Gasteiger partial charge in [-0.1, -0.05) is 24.3 Å². The Morgan fingerprint density at radius 2 is 1.85 bits per heavy atom. The van der Waals surface area contributed by atoms with Crippen LogP contribution in [0.5, 0.6) is 5.75 Å². The maximum absolute atomic E-state index is 12.7. The lowest BCUT2D eigenvalue weighted by Crippen LogP contribution is -2.43. The van der Waals surface area contributed by atoms with Crippen molar-refractivity contribution in [3.05, 3.63) is 76.8 Å². The summed E-state index contributed by atoms with van der Waals surface area (Å²) < 4.78 is 7.71. The van der Waals surface area contributed by atoms with Gasteiger partial charge in [0.1, 0.15) is 11.4 Å². The molecule has 2 aromatic heterocycles. The van der Waals surface area contributed by atoms with Crippen LogP contribution in [-0.2, 0) is 6.54 Å². The first-order valence-corrected chi connectivity index (χ1v) is 11.8. The van der Waals surface area contributed by atoms with Crippen LogP contribution in [0.2, 0.25) is 0 Å². The van der Waals surface area contributed by atoms with Crippen LogP contribution in [0.15, 0.2) is 65.6 Å². The molecule has 8 heteroatoms. The first kappa shape index (κ1) is 22.3. The standard InChI is InChI=1S/C26H30N6O2/c27-17-19-6-8-21(9-7-19)32-18-20-16-23(29-25(20)30-26(32)33)22-4-1-2-5-24(22)34-15-3-12-31-13-10-28-11-14-31/h1-2,4-9,16,18,28H,3,10-15,17,27H2,(H,29,30,33). The van der Waals surface area contributed by atoms with Gasteiger partial charge in [0, 0.05) is 56.4 Å². The molecule has 5 rings (SSSR count). The number of nitrogens with two attached hydrogens (primary N) is 1. The number of fused-ring (bicyclic) bond motifs is 1. The summed E-state index contributed by atoms with van der Waals surface area (Å²) in [6.45, 7) is 6.46. The van der Waals surface area contributed by atoms with E-state index < -0.39 is 0 Å². The number of hydrogen-bond donors (Lipinski definition) is 3. The average Bonchev–Trinajstić information content (AvgIpc) is 3.29. The topological polar surface area (TPSA) is 101 Å². The van der Waals surface area contributed by atoms with Crippen LogP contribution in [0.25, 0.3) is 28.0 Å². The fourth-order valence-electron chi connectivity index (χ4n) is 4.34. The molecule has 0 spiro atoms. The lowest BCUT2D eigenvalue weighted by molar-refractivity contribution is 0.214. The first-order chi connectivity index (χ1) is 16.7. The highest BCUT2D eigenvalue weighted by atomic mass is 16.5. The molecule has 1 aliphatic rings. The van der Waals surface area contributed by atoms with Crippen molar-refractivity contribution in [3.8, 4) is 22.7 Å². The van der Waals surface area contributed by atoms with E-state index in [-0.39, 0.29) is 5.69 Å². The zero-order chi connectivity index (χ0) is 23.3. The van der Waals surface area contributed by atoms with Crippen molar-refractivity contribution in [3.63, 3.8) is 0 Å². The molecule has 1 fully saturated rings. The number of piperazine rings is 1. The molecule has 3 heterocycles. The van der Waals surface area contributed by atoms with Gasteiger partial charge in [-0.25, -0.2) is 4.79 Å². The van der Waals surface area contributed by atoms with Crippen molar-refractivity contribution in [2.75, 3.05) is 39.3 Å². The summed E-state index contributed by atoms with van der Waals surface area (Å²) in [5.74, 6) is 0.821. The molecule has 0 aliphatic carbocycles. The number of nitrogens with one attached hydrogen (secondary N) is 2. The molecule has 4 aromatic rings. The maximum atomic E-state index is 12.7. The predicted molar refractivity (Wildman–Crippen MR) is 134 cm³/mol. The minimum absolute atomic E-state index is 0.334. The molecule has 0 saturated carbocycles. The minimum Gasteiger partial charge on any atom is -0.493 e. The van der Waals surface area contributed by atoms with E-state index in [0.717, 1.165) is 72.8 Å². The summed E-state index contributed by atoms with van der Waals surface area (Å²) in [4.78, 5) is 22.7. The van der Waals surface area contributed by atoms with Crippen molar-refractivity contribution < 1.29 is 4.74 Å².